The molecule has 0 bridgehead atoms. The van der Waals surface area contributed by atoms with Gasteiger partial charge >= 0.3 is 0 Å². The molecule has 2 heteroatoms. The summed E-state index contributed by atoms with van der Waals surface area (Å²) in [6.07, 6.45) is 1.40. The molecule has 0 saturated carbocycles. The zero-order valence-electron chi connectivity index (χ0n) is 8.77. The summed E-state index contributed by atoms with van der Waals surface area (Å²) in [5.41, 5.74) is 4.18. The topological polar surface area (TPSA) is 40.5 Å². The van der Waals surface area contributed by atoms with Gasteiger partial charge in [0.2, 0.25) is 0 Å². The lowest BCUT2D eigenvalue weighted by atomic mass is 9.85. The Morgan fingerprint density at radius 3 is 1.69 bits per heavy atom. The van der Waals surface area contributed by atoms with Crippen molar-refractivity contribution in [3.63, 3.8) is 0 Å². The predicted octanol–water partition coefficient (Wildman–Crippen LogP) is 2.59. The van der Waals surface area contributed by atoms with E-state index in [1.165, 1.54) is 0 Å². The molecule has 0 aromatic heterocycles. The summed E-state index contributed by atoms with van der Waals surface area (Å²) in [5.74, 6) is 0.651. The van der Waals surface area contributed by atoms with Crippen LogP contribution in [-0.4, -0.2) is 10.2 Å². The van der Waals surface area contributed by atoms with Gasteiger partial charge in [-0.05, 0) is 29.7 Å². The highest BCUT2D eigenvalue weighted by Crippen LogP contribution is 2.35. The van der Waals surface area contributed by atoms with Crippen LogP contribution < -0.4 is 0 Å². The monoisotopic (exact) mass is 212 g/mol. The number of phenols is 2. The van der Waals surface area contributed by atoms with Gasteiger partial charge < -0.3 is 10.2 Å². The minimum absolute atomic E-state index is 0.325. The normalized spacial score (nSPS) is 13.0. The minimum Gasteiger partial charge on any atom is -0.508 e. The van der Waals surface area contributed by atoms with E-state index in [1.807, 2.05) is 24.3 Å². The Morgan fingerprint density at radius 1 is 0.688 bits per heavy atom. The second-order valence-corrected chi connectivity index (χ2v) is 4.18. The quantitative estimate of drug-likeness (QED) is 0.601. The van der Waals surface area contributed by atoms with Crippen molar-refractivity contribution in [2.24, 2.45) is 0 Å². The summed E-state index contributed by atoms with van der Waals surface area (Å²) in [7, 11) is 0. The van der Waals surface area contributed by atoms with Gasteiger partial charge in [0.15, 0.2) is 0 Å². The lowest BCUT2D eigenvalue weighted by Crippen LogP contribution is -2.07. The van der Waals surface area contributed by atoms with E-state index < -0.39 is 0 Å². The Morgan fingerprint density at radius 2 is 1.19 bits per heavy atom. The van der Waals surface area contributed by atoms with Crippen LogP contribution in [0.3, 0.4) is 0 Å². The van der Waals surface area contributed by atoms with Crippen molar-refractivity contribution < 1.29 is 10.2 Å². The molecule has 2 nitrogen and oxygen atoms in total. The maximum Gasteiger partial charge on any atom is 0.119 e. The van der Waals surface area contributed by atoms with E-state index in [4.69, 9.17) is 0 Å². The lowest BCUT2D eigenvalue weighted by Gasteiger charge is -2.21. The third-order valence-electron chi connectivity index (χ3n) is 3.23. The second kappa shape index (κ2) is 3.27. The molecule has 16 heavy (non-hydrogen) atoms. The molecule has 2 aromatic carbocycles. The first kappa shape index (κ1) is 9.28. The largest absolute Gasteiger partial charge is 0.508 e. The molecule has 1 aliphatic carbocycles. The molecule has 0 fully saturated rings. The molecule has 3 rings (SSSR count). The maximum atomic E-state index is 9.79. The fourth-order valence-corrected chi connectivity index (χ4v) is 2.36. The van der Waals surface area contributed by atoms with Crippen LogP contribution in [0.4, 0.5) is 0 Å². The third-order valence-corrected chi connectivity index (χ3v) is 3.23. The zero-order chi connectivity index (χ0) is 11.1. The Balaban J connectivity index is 2.17. The smallest absolute Gasteiger partial charge is 0.119 e. The number of rotatable bonds is 0. The van der Waals surface area contributed by atoms with Gasteiger partial charge in [0.1, 0.15) is 11.5 Å². The van der Waals surface area contributed by atoms with E-state index in [2.05, 4.69) is 0 Å². The van der Waals surface area contributed by atoms with E-state index in [9.17, 15) is 10.2 Å². The van der Waals surface area contributed by atoms with Crippen LogP contribution in [0.2, 0.25) is 0 Å². The highest BCUT2D eigenvalue weighted by atomic mass is 16.3. The number of hydrogen-bond acceptors (Lipinski definition) is 2. The van der Waals surface area contributed by atoms with Crippen LogP contribution in [0.15, 0.2) is 36.4 Å². The number of fused-ring (bicyclic) bond motifs is 2. The first-order valence-corrected chi connectivity index (χ1v) is 5.35. The molecular formula is C14H12O2. The lowest BCUT2D eigenvalue weighted by molar-refractivity contribution is 0.460. The van der Waals surface area contributed by atoms with Crippen molar-refractivity contribution in [3.05, 3.63) is 58.7 Å². The van der Waals surface area contributed by atoms with Crippen molar-refractivity contribution >= 4 is 0 Å². The van der Waals surface area contributed by atoms with E-state index in [-0.39, 0.29) is 0 Å². The highest BCUT2D eigenvalue weighted by molar-refractivity contribution is 5.54. The van der Waals surface area contributed by atoms with Gasteiger partial charge in [-0.3, -0.25) is 0 Å². The van der Waals surface area contributed by atoms with Crippen LogP contribution in [-0.2, 0) is 12.8 Å². The fraction of sp³-hybridized carbons (Fsp3) is 0.143. The summed E-state index contributed by atoms with van der Waals surface area (Å²) in [6.45, 7) is 0. The summed E-state index contributed by atoms with van der Waals surface area (Å²) in [4.78, 5) is 0. The van der Waals surface area contributed by atoms with E-state index in [0.717, 1.165) is 28.7 Å². The average Bonchev–Trinajstić information content (AvgIpc) is 2.28. The molecular weight excluding hydrogens is 200 g/mol. The molecule has 1 aliphatic rings. The second-order valence-electron chi connectivity index (χ2n) is 4.18. The predicted molar refractivity (Wildman–Crippen MR) is 61.8 cm³/mol. The molecule has 0 heterocycles. The number of phenolic OH excluding ortho intramolecular Hbond substituents is 2. The van der Waals surface area contributed by atoms with Crippen molar-refractivity contribution in [2.45, 2.75) is 12.8 Å². The van der Waals surface area contributed by atoms with Gasteiger partial charge in [-0.25, -0.2) is 0 Å². The van der Waals surface area contributed by atoms with Crippen LogP contribution in [0.5, 0.6) is 11.5 Å². The number of benzene rings is 2. The van der Waals surface area contributed by atoms with Gasteiger partial charge in [0.05, 0.1) is 0 Å². The third kappa shape index (κ3) is 1.27. The molecule has 0 spiro atoms. The number of hydrogen-bond donors (Lipinski definition) is 2. The van der Waals surface area contributed by atoms with Gasteiger partial charge in [-0.2, -0.15) is 0 Å². The van der Waals surface area contributed by atoms with Gasteiger partial charge in [-0.1, -0.05) is 24.3 Å². The maximum absolute atomic E-state index is 9.79. The average molecular weight is 212 g/mol. The van der Waals surface area contributed by atoms with Gasteiger partial charge in [0.25, 0.3) is 0 Å². The molecule has 0 radical (unpaired) electrons. The Labute approximate surface area is 93.8 Å². The zero-order valence-corrected chi connectivity index (χ0v) is 8.77. The van der Waals surface area contributed by atoms with Crippen LogP contribution >= 0.6 is 0 Å². The first-order chi connectivity index (χ1) is 7.75. The van der Waals surface area contributed by atoms with E-state index >= 15 is 0 Å². The molecule has 2 N–H and O–H groups in total. The minimum atomic E-state index is 0.325. The van der Waals surface area contributed by atoms with Gasteiger partial charge in [-0.15, -0.1) is 0 Å². The summed E-state index contributed by atoms with van der Waals surface area (Å²) in [5, 5.41) is 19.6. The molecule has 0 aliphatic heterocycles. The Kier molecular flexibility index (Phi) is 1.90. The summed E-state index contributed by atoms with van der Waals surface area (Å²) >= 11 is 0. The molecule has 0 atom stereocenters. The highest BCUT2D eigenvalue weighted by Gasteiger charge is 2.19. The molecule has 0 saturated heterocycles. The van der Waals surface area contributed by atoms with Crippen LogP contribution in [0.25, 0.3) is 0 Å². The Bertz CT molecular complexity index is 509. The standard InChI is InChI=1S/C14H12O2/c15-13-5-1-3-9-7-10-4-2-6-14(16)12(10)8-11(9)13/h1-6,15-16H,7-8H2. The molecule has 2 aromatic rings. The van der Waals surface area contributed by atoms with Crippen molar-refractivity contribution in [2.75, 3.05) is 0 Å². The fourth-order valence-electron chi connectivity index (χ4n) is 2.36. The number of aromatic hydroxyl groups is 2. The first-order valence-electron chi connectivity index (χ1n) is 5.35. The van der Waals surface area contributed by atoms with E-state index in [1.54, 1.807) is 12.1 Å². The molecule has 80 valence electrons. The van der Waals surface area contributed by atoms with Crippen LogP contribution in [0, 0.1) is 0 Å². The SMILES string of the molecule is Oc1cccc2c1Cc1c(O)cccc1C2. The van der Waals surface area contributed by atoms with Crippen molar-refractivity contribution in [3.8, 4) is 11.5 Å². The Hall–Kier alpha value is -1.96. The van der Waals surface area contributed by atoms with Gasteiger partial charge in [0, 0.05) is 17.5 Å². The van der Waals surface area contributed by atoms with Crippen molar-refractivity contribution in [1.29, 1.82) is 0 Å². The molecule has 0 unspecified atom stereocenters. The summed E-state index contributed by atoms with van der Waals surface area (Å²) in [6, 6.07) is 11.2. The van der Waals surface area contributed by atoms with E-state index in [0.29, 0.717) is 17.9 Å². The summed E-state index contributed by atoms with van der Waals surface area (Å²) < 4.78 is 0. The van der Waals surface area contributed by atoms with Crippen LogP contribution in [0.1, 0.15) is 22.3 Å². The molecule has 0 amide bonds. The van der Waals surface area contributed by atoms with Crippen molar-refractivity contribution in [1.82, 2.24) is 0 Å².